The van der Waals surface area contributed by atoms with Crippen molar-refractivity contribution < 1.29 is 42.3 Å². The number of nitrogens with zero attached hydrogens (tertiary/aromatic N) is 4. The summed E-state index contributed by atoms with van der Waals surface area (Å²) < 4.78 is 40.6. The third-order valence-corrected chi connectivity index (χ3v) is 11.0. The summed E-state index contributed by atoms with van der Waals surface area (Å²) in [6, 6.07) is 7.47. The largest absolute Gasteiger partial charge is 0.399 e. The highest BCUT2D eigenvalue weighted by Crippen LogP contribution is 2.59. The van der Waals surface area contributed by atoms with E-state index in [2.05, 4.69) is 15.5 Å². The quantitative estimate of drug-likeness (QED) is 0.221. The van der Waals surface area contributed by atoms with Crippen LogP contribution < -0.4 is 5.32 Å². The van der Waals surface area contributed by atoms with E-state index in [0.717, 1.165) is 29.0 Å². The molecule has 0 saturated carbocycles. The number of aryl methyl sites for hydroxylation is 1. The Labute approximate surface area is 277 Å². The monoisotopic (exact) mass is 702 g/mol. The van der Waals surface area contributed by atoms with Gasteiger partial charge in [-0.05, 0) is 61.9 Å². The molecular weight excluding hydrogens is 669 g/mol. The number of alkyl halides is 2. The van der Waals surface area contributed by atoms with Crippen LogP contribution in [0.15, 0.2) is 42.5 Å². The topological polar surface area (TPSA) is 176 Å². The van der Waals surface area contributed by atoms with Gasteiger partial charge in [-0.2, -0.15) is 13.9 Å². The van der Waals surface area contributed by atoms with Crippen molar-refractivity contribution in [3.05, 3.63) is 64.2 Å². The van der Waals surface area contributed by atoms with Gasteiger partial charge in [0.1, 0.15) is 12.1 Å². The van der Waals surface area contributed by atoms with Crippen molar-refractivity contribution in [2.24, 2.45) is 0 Å². The van der Waals surface area contributed by atoms with Crippen molar-refractivity contribution in [2.45, 2.75) is 50.0 Å². The molecule has 6 rings (SSSR count). The summed E-state index contributed by atoms with van der Waals surface area (Å²) in [6.07, 6.45) is 1.36. The van der Waals surface area contributed by atoms with E-state index in [1.807, 2.05) is 25.1 Å². The molecule has 4 amide bonds. The summed E-state index contributed by atoms with van der Waals surface area (Å²) in [5.41, 5.74) is -3.59. The fraction of sp³-hybridized carbons (Fsp3) is 0.387. The van der Waals surface area contributed by atoms with Gasteiger partial charge in [-0.25, -0.2) is 0 Å². The molecule has 13 nitrogen and oxygen atoms in total. The standard InChI is InChI=1S/C31H33F2N6O7PS/c1-16-4-7-21-20(12-16)26(36-35-21)30(43)38-11-10-19-6-8-23(29(42)37(2)3)39(19)28(41)22(15-38)34-27(40)25-14-17-13-18(5-9-24(17)48-25)31(32,33)47(44,45)46/h4-5,7,9,12-14,19,22-23H,6,8,10-11,15H2,1-3H3,(H,34,40)(H,35,36)(H2,44,45,46)/t19-,22+,23+/m1/s1. The molecule has 4 N–H and O–H groups in total. The Morgan fingerprint density at radius 2 is 1.85 bits per heavy atom. The van der Waals surface area contributed by atoms with Crippen molar-refractivity contribution in [1.29, 1.82) is 0 Å². The number of aromatic amines is 1. The number of hydrogen-bond donors (Lipinski definition) is 4. The van der Waals surface area contributed by atoms with Crippen molar-refractivity contribution in [1.82, 2.24) is 30.2 Å². The molecule has 2 aromatic carbocycles. The summed E-state index contributed by atoms with van der Waals surface area (Å²) in [5.74, 6) is -1.95. The highest BCUT2D eigenvalue weighted by molar-refractivity contribution is 7.52. The van der Waals surface area contributed by atoms with Gasteiger partial charge in [0.2, 0.25) is 11.8 Å². The van der Waals surface area contributed by atoms with E-state index >= 15 is 0 Å². The van der Waals surface area contributed by atoms with Crippen molar-refractivity contribution in [3.8, 4) is 0 Å². The number of aromatic nitrogens is 2. The average Bonchev–Trinajstić information content (AvgIpc) is 3.76. The van der Waals surface area contributed by atoms with Crippen molar-refractivity contribution in [2.75, 3.05) is 27.2 Å². The van der Waals surface area contributed by atoms with Gasteiger partial charge in [0.05, 0.1) is 16.9 Å². The minimum absolute atomic E-state index is 0.0436. The lowest BCUT2D eigenvalue weighted by Gasteiger charge is -2.39. The third-order valence-electron chi connectivity index (χ3n) is 8.88. The molecule has 3 atom stereocenters. The number of hydrogen-bond acceptors (Lipinski definition) is 7. The van der Waals surface area contributed by atoms with Gasteiger partial charge in [0.15, 0.2) is 5.69 Å². The number of carbonyl (C=O) groups is 4. The minimum atomic E-state index is -5.81. The molecule has 254 valence electrons. The molecule has 4 heterocycles. The summed E-state index contributed by atoms with van der Waals surface area (Å²) in [4.78, 5) is 77.7. The number of likely N-dealkylation sites (N-methyl/N-ethyl adjacent to an activating group) is 1. The van der Waals surface area contributed by atoms with Crippen LogP contribution in [0.2, 0.25) is 0 Å². The summed E-state index contributed by atoms with van der Waals surface area (Å²) in [5, 5.41) is 10.6. The summed E-state index contributed by atoms with van der Waals surface area (Å²) in [7, 11) is -2.61. The SMILES string of the molecule is Cc1ccc2[nH]nc(C(=O)N3CC[C@H]4CC[C@@H](C(=O)N(C)C)N4C(=O)[C@@H](NC(=O)c4cc5cc(C(F)(F)P(=O)(O)O)ccc5s4)C3)c2c1. The van der Waals surface area contributed by atoms with E-state index in [4.69, 9.17) is 9.79 Å². The van der Waals surface area contributed by atoms with Crippen LogP contribution in [0, 0.1) is 6.92 Å². The lowest BCUT2D eigenvalue weighted by Crippen LogP contribution is -2.61. The van der Waals surface area contributed by atoms with Crippen LogP contribution >= 0.6 is 18.9 Å². The van der Waals surface area contributed by atoms with Crippen molar-refractivity contribution >= 4 is 63.6 Å². The van der Waals surface area contributed by atoms with Crippen LogP contribution in [-0.4, -0.2) is 104 Å². The third kappa shape index (κ3) is 5.97. The Kier molecular flexibility index (Phi) is 8.65. The van der Waals surface area contributed by atoms with Crippen LogP contribution in [-0.2, 0) is 19.8 Å². The number of fused-ring (bicyclic) bond motifs is 3. The lowest BCUT2D eigenvalue weighted by atomic mass is 10.1. The number of carbonyl (C=O) groups excluding carboxylic acids is 4. The number of H-pyrrole nitrogens is 1. The zero-order valence-corrected chi connectivity index (χ0v) is 27.9. The first-order valence-electron chi connectivity index (χ1n) is 15.1. The molecule has 2 aromatic heterocycles. The molecule has 48 heavy (non-hydrogen) atoms. The summed E-state index contributed by atoms with van der Waals surface area (Å²) >= 11 is 0.937. The van der Waals surface area contributed by atoms with Crippen molar-refractivity contribution in [3.63, 3.8) is 0 Å². The van der Waals surface area contributed by atoms with E-state index in [0.29, 0.717) is 34.9 Å². The second-order valence-corrected chi connectivity index (χ2v) is 15.1. The molecule has 0 spiro atoms. The number of amides is 4. The van der Waals surface area contributed by atoms with Crippen LogP contribution in [0.4, 0.5) is 8.78 Å². The Morgan fingerprint density at radius 1 is 1.10 bits per heavy atom. The van der Waals surface area contributed by atoms with E-state index < -0.39 is 48.6 Å². The van der Waals surface area contributed by atoms with Crippen LogP contribution in [0.5, 0.6) is 0 Å². The highest BCUT2D eigenvalue weighted by Gasteiger charge is 2.50. The molecule has 2 aliphatic rings. The first-order valence-corrected chi connectivity index (χ1v) is 17.6. The molecule has 4 aromatic rings. The molecule has 0 bridgehead atoms. The fourth-order valence-corrected chi connectivity index (χ4v) is 7.81. The Morgan fingerprint density at radius 3 is 2.56 bits per heavy atom. The number of rotatable bonds is 6. The smallest absolute Gasteiger partial charge is 0.347 e. The van der Waals surface area contributed by atoms with Crippen LogP contribution in [0.1, 0.15) is 50.5 Å². The van der Waals surface area contributed by atoms with Gasteiger partial charge >= 0.3 is 13.3 Å². The normalized spacial score (nSPS) is 20.5. The van der Waals surface area contributed by atoms with E-state index in [1.165, 1.54) is 26.8 Å². The van der Waals surface area contributed by atoms with Crippen LogP contribution in [0.25, 0.3) is 21.0 Å². The maximum Gasteiger partial charge on any atom is 0.399 e. The van der Waals surface area contributed by atoms with E-state index in [-0.39, 0.29) is 41.0 Å². The predicted molar refractivity (Wildman–Crippen MR) is 173 cm³/mol. The number of halogens is 2. The fourth-order valence-electron chi connectivity index (χ4n) is 6.39. The molecule has 0 unspecified atom stereocenters. The lowest BCUT2D eigenvalue weighted by molar-refractivity contribution is -0.146. The second kappa shape index (κ2) is 12.3. The van der Waals surface area contributed by atoms with Gasteiger partial charge in [-0.1, -0.05) is 17.7 Å². The Balaban J connectivity index is 1.33. The predicted octanol–water partition coefficient (Wildman–Crippen LogP) is 3.41. The zero-order chi connectivity index (χ0) is 34.7. The van der Waals surface area contributed by atoms with Crippen LogP contribution in [0.3, 0.4) is 0 Å². The maximum absolute atomic E-state index is 14.4. The first-order chi connectivity index (χ1) is 22.6. The Hall–Kier alpha value is -4.24. The molecular formula is C31H33F2N6O7PS. The van der Waals surface area contributed by atoms with E-state index in [1.54, 1.807) is 14.1 Å². The van der Waals surface area contributed by atoms with Gasteiger partial charge in [0.25, 0.3) is 11.8 Å². The van der Waals surface area contributed by atoms with Gasteiger partial charge in [-0.15, -0.1) is 11.3 Å². The maximum atomic E-state index is 14.4. The molecule has 0 aliphatic carbocycles. The molecule has 2 aliphatic heterocycles. The highest BCUT2D eigenvalue weighted by atomic mass is 32.1. The molecule has 2 saturated heterocycles. The summed E-state index contributed by atoms with van der Waals surface area (Å²) in [6.45, 7) is 1.89. The van der Waals surface area contributed by atoms with E-state index in [9.17, 15) is 32.5 Å². The second-order valence-electron chi connectivity index (χ2n) is 12.4. The van der Waals surface area contributed by atoms with Gasteiger partial charge < -0.3 is 29.8 Å². The van der Waals surface area contributed by atoms with Gasteiger partial charge in [-0.3, -0.25) is 28.8 Å². The molecule has 2 fully saturated rings. The minimum Gasteiger partial charge on any atom is -0.347 e. The zero-order valence-electron chi connectivity index (χ0n) is 26.1. The average molecular weight is 703 g/mol. The molecule has 17 heteroatoms. The number of thiophene rings is 1. The number of nitrogens with one attached hydrogen (secondary N) is 2. The Bertz CT molecular complexity index is 2010. The molecule has 0 radical (unpaired) electrons. The van der Waals surface area contributed by atoms with Gasteiger partial charge in [0, 0.05) is 42.3 Å². The number of benzene rings is 2. The first kappa shape index (κ1) is 33.7.